The van der Waals surface area contributed by atoms with E-state index in [4.69, 9.17) is 16.9 Å². The molecule has 4 nitrogen and oxygen atoms in total. The van der Waals surface area contributed by atoms with Gasteiger partial charge >= 0.3 is 0 Å². The molecule has 0 aliphatic rings. The SMILES string of the molecule is Cc1cc2c(Cl)c(C#N)c(=O)[nH]c2cn1. The topological polar surface area (TPSA) is 69.5 Å². The number of nitriles is 1. The minimum Gasteiger partial charge on any atom is -0.319 e. The number of aromatic nitrogens is 2. The monoisotopic (exact) mass is 219 g/mol. The summed E-state index contributed by atoms with van der Waals surface area (Å²) in [6.45, 7) is 1.81. The molecule has 1 N–H and O–H groups in total. The molecule has 0 saturated carbocycles. The average Bonchev–Trinajstić information content (AvgIpc) is 2.20. The Morgan fingerprint density at radius 3 is 3.00 bits per heavy atom. The van der Waals surface area contributed by atoms with Gasteiger partial charge in [-0.3, -0.25) is 9.78 Å². The summed E-state index contributed by atoms with van der Waals surface area (Å²) in [5.74, 6) is 0. The van der Waals surface area contributed by atoms with Crippen molar-refractivity contribution in [2.75, 3.05) is 0 Å². The van der Waals surface area contributed by atoms with E-state index >= 15 is 0 Å². The van der Waals surface area contributed by atoms with Crippen LogP contribution in [-0.4, -0.2) is 9.97 Å². The molecule has 0 aromatic carbocycles. The van der Waals surface area contributed by atoms with E-state index in [0.29, 0.717) is 10.9 Å². The summed E-state index contributed by atoms with van der Waals surface area (Å²) in [4.78, 5) is 18.0. The Morgan fingerprint density at radius 2 is 2.33 bits per heavy atom. The lowest BCUT2D eigenvalue weighted by atomic mass is 10.2. The molecule has 15 heavy (non-hydrogen) atoms. The molecule has 5 heteroatoms. The number of H-pyrrole nitrogens is 1. The molecule has 0 fully saturated rings. The van der Waals surface area contributed by atoms with Crippen LogP contribution >= 0.6 is 11.6 Å². The van der Waals surface area contributed by atoms with Crippen molar-refractivity contribution in [2.45, 2.75) is 6.92 Å². The van der Waals surface area contributed by atoms with E-state index in [1.807, 2.05) is 6.92 Å². The first-order valence-electron chi connectivity index (χ1n) is 4.21. The molecule has 2 rings (SSSR count). The summed E-state index contributed by atoms with van der Waals surface area (Å²) < 4.78 is 0. The molecule has 0 aliphatic carbocycles. The fraction of sp³-hybridized carbons (Fsp3) is 0.100. The number of fused-ring (bicyclic) bond motifs is 1. The smallest absolute Gasteiger partial charge is 0.267 e. The normalized spacial score (nSPS) is 10.2. The second kappa shape index (κ2) is 3.37. The molecule has 2 heterocycles. The first-order chi connectivity index (χ1) is 7.13. The fourth-order valence-corrected chi connectivity index (χ4v) is 1.64. The third kappa shape index (κ3) is 1.47. The van der Waals surface area contributed by atoms with Crippen LogP contribution in [0.4, 0.5) is 0 Å². The van der Waals surface area contributed by atoms with Crippen LogP contribution in [0.15, 0.2) is 17.1 Å². The van der Waals surface area contributed by atoms with Gasteiger partial charge in [-0.25, -0.2) is 0 Å². The fourth-order valence-electron chi connectivity index (χ4n) is 1.36. The maximum atomic E-state index is 11.4. The predicted molar refractivity (Wildman–Crippen MR) is 56.8 cm³/mol. The molecule has 0 bridgehead atoms. The van der Waals surface area contributed by atoms with Crippen molar-refractivity contribution < 1.29 is 0 Å². The molecule has 2 aromatic heterocycles. The number of halogens is 1. The minimum absolute atomic E-state index is 0.0604. The second-order valence-corrected chi connectivity index (χ2v) is 3.50. The summed E-state index contributed by atoms with van der Waals surface area (Å²) in [5, 5.41) is 9.58. The van der Waals surface area contributed by atoms with Gasteiger partial charge in [0.25, 0.3) is 5.56 Å². The Kier molecular flexibility index (Phi) is 2.18. The van der Waals surface area contributed by atoms with Crippen molar-refractivity contribution in [1.82, 2.24) is 9.97 Å². The number of hydrogen-bond acceptors (Lipinski definition) is 3. The first kappa shape index (κ1) is 9.69. The van der Waals surface area contributed by atoms with Gasteiger partial charge in [-0.15, -0.1) is 0 Å². The molecular weight excluding hydrogens is 214 g/mol. The van der Waals surface area contributed by atoms with E-state index in [0.717, 1.165) is 5.69 Å². The van der Waals surface area contributed by atoms with Crippen LogP contribution in [0.25, 0.3) is 10.9 Å². The summed E-state index contributed by atoms with van der Waals surface area (Å²) in [7, 11) is 0. The van der Waals surface area contributed by atoms with E-state index in [1.165, 1.54) is 6.20 Å². The summed E-state index contributed by atoms with van der Waals surface area (Å²) in [6, 6.07) is 3.51. The minimum atomic E-state index is -0.486. The number of nitrogens with zero attached hydrogens (tertiary/aromatic N) is 2. The quantitative estimate of drug-likeness (QED) is 0.734. The van der Waals surface area contributed by atoms with Gasteiger partial charge in [0.05, 0.1) is 16.7 Å². The summed E-state index contributed by atoms with van der Waals surface area (Å²) in [6.07, 6.45) is 1.53. The molecule has 0 saturated heterocycles. The van der Waals surface area contributed by atoms with Crippen LogP contribution in [0.3, 0.4) is 0 Å². The van der Waals surface area contributed by atoms with Gasteiger partial charge < -0.3 is 4.98 Å². The third-order valence-corrected chi connectivity index (χ3v) is 2.48. The highest BCUT2D eigenvalue weighted by Crippen LogP contribution is 2.22. The highest BCUT2D eigenvalue weighted by molar-refractivity contribution is 6.36. The van der Waals surface area contributed by atoms with Crippen molar-refractivity contribution in [2.24, 2.45) is 0 Å². The maximum absolute atomic E-state index is 11.4. The molecule has 0 atom stereocenters. The van der Waals surface area contributed by atoms with Gasteiger partial charge in [-0.2, -0.15) is 5.26 Å². The molecule has 74 valence electrons. The Morgan fingerprint density at radius 1 is 1.60 bits per heavy atom. The van der Waals surface area contributed by atoms with Gasteiger partial charge in [-0.1, -0.05) is 11.6 Å². The van der Waals surface area contributed by atoms with E-state index < -0.39 is 5.56 Å². The predicted octanol–water partition coefficient (Wildman–Crippen LogP) is 1.76. The molecule has 0 amide bonds. The number of nitrogens with one attached hydrogen (secondary N) is 1. The Bertz CT molecular complexity index is 639. The van der Waals surface area contributed by atoms with Crippen molar-refractivity contribution in [1.29, 1.82) is 5.26 Å². The zero-order valence-corrected chi connectivity index (χ0v) is 8.59. The third-order valence-electron chi connectivity index (χ3n) is 2.08. The van der Waals surface area contributed by atoms with Gasteiger partial charge in [0, 0.05) is 11.1 Å². The van der Waals surface area contributed by atoms with E-state index in [9.17, 15) is 4.79 Å². The first-order valence-corrected chi connectivity index (χ1v) is 4.59. The van der Waals surface area contributed by atoms with Crippen LogP contribution in [0, 0.1) is 18.3 Å². The summed E-state index contributed by atoms with van der Waals surface area (Å²) >= 11 is 5.95. The number of hydrogen-bond donors (Lipinski definition) is 1. The lowest BCUT2D eigenvalue weighted by Crippen LogP contribution is -2.10. The lowest BCUT2D eigenvalue weighted by Gasteiger charge is -2.02. The van der Waals surface area contributed by atoms with Crippen molar-refractivity contribution >= 4 is 22.5 Å². The van der Waals surface area contributed by atoms with Crippen LogP contribution in [-0.2, 0) is 0 Å². The molecule has 0 unspecified atom stereocenters. The second-order valence-electron chi connectivity index (χ2n) is 3.13. The molecule has 2 aromatic rings. The Balaban J connectivity index is 3.00. The largest absolute Gasteiger partial charge is 0.319 e. The van der Waals surface area contributed by atoms with Crippen molar-refractivity contribution in [3.05, 3.63) is 38.9 Å². The van der Waals surface area contributed by atoms with Crippen molar-refractivity contribution in [3.63, 3.8) is 0 Å². The van der Waals surface area contributed by atoms with Crippen LogP contribution < -0.4 is 5.56 Å². The summed E-state index contributed by atoms with van der Waals surface area (Å²) in [5.41, 5.74) is 0.769. The standard InChI is InChI=1S/C10H6ClN3O/c1-5-2-6-8(4-13-5)14-10(15)7(3-12)9(6)11/h2,4H,1H3,(H,14,15). The van der Waals surface area contributed by atoms with E-state index in [2.05, 4.69) is 9.97 Å². The number of rotatable bonds is 0. The maximum Gasteiger partial charge on any atom is 0.267 e. The Labute approximate surface area is 90.1 Å². The number of aromatic amines is 1. The molecule has 0 aliphatic heterocycles. The van der Waals surface area contributed by atoms with E-state index in [-0.39, 0.29) is 10.6 Å². The molecule has 0 spiro atoms. The molecule has 0 radical (unpaired) electrons. The zero-order valence-electron chi connectivity index (χ0n) is 7.84. The van der Waals surface area contributed by atoms with Crippen molar-refractivity contribution in [3.8, 4) is 6.07 Å². The van der Waals surface area contributed by atoms with E-state index in [1.54, 1.807) is 12.1 Å². The van der Waals surface area contributed by atoms with Gasteiger partial charge in [0.15, 0.2) is 0 Å². The number of pyridine rings is 2. The molecular formula is C10H6ClN3O. The van der Waals surface area contributed by atoms with Crippen LogP contribution in [0.2, 0.25) is 5.02 Å². The van der Waals surface area contributed by atoms with Gasteiger partial charge in [-0.05, 0) is 13.0 Å². The number of aryl methyl sites for hydroxylation is 1. The average molecular weight is 220 g/mol. The van der Waals surface area contributed by atoms with Crippen LogP contribution in [0.1, 0.15) is 11.3 Å². The highest BCUT2D eigenvalue weighted by atomic mass is 35.5. The Hall–Kier alpha value is -1.86. The van der Waals surface area contributed by atoms with Crippen LogP contribution in [0.5, 0.6) is 0 Å². The highest BCUT2D eigenvalue weighted by Gasteiger charge is 2.10. The van der Waals surface area contributed by atoms with Gasteiger partial charge in [0.2, 0.25) is 0 Å². The lowest BCUT2D eigenvalue weighted by molar-refractivity contribution is 1.19. The zero-order chi connectivity index (χ0) is 11.0. The van der Waals surface area contributed by atoms with Gasteiger partial charge in [0.1, 0.15) is 11.6 Å².